The van der Waals surface area contributed by atoms with Crippen LogP contribution in [-0.2, 0) is 0 Å². The molecule has 1 N–H and O–H groups in total. The number of fused-ring (bicyclic) bond motifs is 5. The van der Waals surface area contributed by atoms with Gasteiger partial charge in [-0.2, -0.15) is 0 Å². The van der Waals surface area contributed by atoms with E-state index in [1.54, 1.807) is 7.11 Å². The third kappa shape index (κ3) is 2.88. The van der Waals surface area contributed by atoms with Crippen molar-refractivity contribution in [1.29, 1.82) is 0 Å². The lowest BCUT2D eigenvalue weighted by molar-refractivity contribution is 0.241. The minimum atomic E-state index is -0.180. The zero-order chi connectivity index (χ0) is 21.0. The number of nitrogens with one attached hydrogen (secondary N) is 1. The molecular weight excluding hydrogens is 370 g/mol. The van der Waals surface area contributed by atoms with E-state index in [2.05, 4.69) is 75.5 Å². The van der Waals surface area contributed by atoms with Gasteiger partial charge in [0, 0.05) is 16.8 Å². The normalized spacial score (nSPS) is 18.2. The highest BCUT2D eigenvalue weighted by molar-refractivity contribution is 5.91. The first-order valence-corrected chi connectivity index (χ1v) is 10.4. The van der Waals surface area contributed by atoms with Gasteiger partial charge in [0.2, 0.25) is 0 Å². The first-order chi connectivity index (χ1) is 14.4. The number of allylic oxidation sites excluding steroid dienone is 1. The Morgan fingerprint density at radius 2 is 1.77 bits per heavy atom. The second kappa shape index (κ2) is 6.66. The Bertz CT molecular complexity index is 1190. The van der Waals surface area contributed by atoms with Crippen LogP contribution in [-0.4, -0.2) is 12.6 Å². The molecule has 2 aliphatic rings. The summed E-state index contributed by atoms with van der Waals surface area (Å²) in [4.78, 5) is 0. The molecule has 0 radical (unpaired) electrons. The van der Waals surface area contributed by atoms with E-state index in [9.17, 15) is 0 Å². The van der Waals surface area contributed by atoms with Gasteiger partial charge < -0.3 is 14.8 Å². The third-order valence-electron chi connectivity index (χ3n) is 6.00. The van der Waals surface area contributed by atoms with E-state index in [0.29, 0.717) is 0 Å². The van der Waals surface area contributed by atoms with Crippen molar-refractivity contribution in [2.75, 3.05) is 12.4 Å². The third-order valence-corrected chi connectivity index (χ3v) is 6.00. The monoisotopic (exact) mass is 397 g/mol. The van der Waals surface area contributed by atoms with Crippen molar-refractivity contribution in [1.82, 2.24) is 0 Å². The van der Waals surface area contributed by atoms with Crippen LogP contribution in [0.2, 0.25) is 0 Å². The van der Waals surface area contributed by atoms with Crippen LogP contribution in [0.25, 0.3) is 16.7 Å². The van der Waals surface area contributed by atoms with Gasteiger partial charge in [0.25, 0.3) is 0 Å². The van der Waals surface area contributed by atoms with Gasteiger partial charge in [-0.25, -0.2) is 0 Å². The minimum absolute atomic E-state index is 0.0880. The number of benzene rings is 3. The minimum Gasteiger partial charge on any atom is -0.496 e. The zero-order valence-electron chi connectivity index (χ0n) is 18.2. The zero-order valence-corrected chi connectivity index (χ0v) is 18.2. The Kier molecular flexibility index (Phi) is 4.18. The van der Waals surface area contributed by atoms with Gasteiger partial charge in [-0.05, 0) is 62.6 Å². The van der Waals surface area contributed by atoms with Gasteiger partial charge in [-0.1, -0.05) is 48.0 Å². The molecule has 1 atom stereocenters. The second-order valence-electron chi connectivity index (χ2n) is 8.87. The predicted octanol–water partition coefficient (Wildman–Crippen LogP) is 6.76. The molecule has 0 fully saturated rings. The van der Waals surface area contributed by atoms with Gasteiger partial charge in [0.15, 0.2) is 6.10 Å². The van der Waals surface area contributed by atoms with Crippen molar-refractivity contribution in [2.45, 2.75) is 39.3 Å². The highest BCUT2D eigenvalue weighted by Crippen LogP contribution is 2.53. The van der Waals surface area contributed by atoms with Crippen LogP contribution in [0.15, 0.2) is 60.7 Å². The molecule has 2 aliphatic heterocycles. The topological polar surface area (TPSA) is 30.5 Å². The summed E-state index contributed by atoms with van der Waals surface area (Å²) in [5, 5.41) is 3.69. The summed E-state index contributed by atoms with van der Waals surface area (Å²) in [5.41, 5.74) is 9.36. The van der Waals surface area contributed by atoms with Gasteiger partial charge in [-0.3, -0.25) is 0 Å². The Morgan fingerprint density at radius 1 is 0.967 bits per heavy atom. The Morgan fingerprint density at radius 3 is 2.53 bits per heavy atom. The van der Waals surface area contributed by atoms with Crippen LogP contribution in [0.5, 0.6) is 11.5 Å². The largest absolute Gasteiger partial charge is 0.496 e. The molecule has 0 saturated heterocycles. The maximum absolute atomic E-state index is 6.67. The predicted molar refractivity (Wildman–Crippen MR) is 123 cm³/mol. The fourth-order valence-corrected chi connectivity index (χ4v) is 4.93. The summed E-state index contributed by atoms with van der Waals surface area (Å²) in [6, 6.07) is 19.0. The number of methoxy groups -OCH3 is 1. The number of rotatable bonds is 2. The summed E-state index contributed by atoms with van der Waals surface area (Å²) in [5.74, 6) is 1.70. The Hall–Kier alpha value is -3.20. The van der Waals surface area contributed by atoms with Crippen LogP contribution in [0, 0.1) is 6.92 Å². The Labute approximate surface area is 178 Å². The molecule has 3 aromatic rings. The average molecular weight is 398 g/mol. The summed E-state index contributed by atoms with van der Waals surface area (Å²) >= 11 is 0. The highest BCUT2D eigenvalue weighted by atomic mass is 16.5. The fourth-order valence-electron chi connectivity index (χ4n) is 4.93. The van der Waals surface area contributed by atoms with E-state index in [0.717, 1.165) is 28.3 Å². The van der Waals surface area contributed by atoms with Crippen LogP contribution in [0.1, 0.15) is 49.1 Å². The van der Waals surface area contributed by atoms with Crippen molar-refractivity contribution in [3.63, 3.8) is 0 Å². The van der Waals surface area contributed by atoms with E-state index >= 15 is 0 Å². The standard InChI is InChI=1S/C27H27NO2/c1-16-8-6-9-18(14-16)26-25-19(24-21(29-5)10-7-11-22(24)30-26)12-13-20-23(25)17(2)15-27(3,4)28-20/h6-15,26,28H,1-5H3. The lowest BCUT2D eigenvalue weighted by Crippen LogP contribution is -2.32. The lowest BCUT2D eigenvalue weighted by atomic mass is 9.80. The first kappa shape index (κ1) is 18.8. The summed E-state index contributed by atoms with van der Waals surface area (Å²) in [6.07, 6.45) is 2.13. The first-order valence-electron chi connectivity index (χ1n) is 10.4. The number of ether oxygens (including phenoxy) is 2. The number of hydrogen-bond acceptors (Lipinski definition) is 3. The molecule has 152 valence electrons. The molecule has 0 saturated carbocycles. The molecule has 2 heterocycles. The van der Waals surface area contributed by atoms with Crippen LogP contribution in [0.3, 0.4) is 0 Å². The maximum Gasteiger partial charge on any atom is 0.150 e. The van der Waals surface area contributed by atoms with Crippen molar-refractivity contribution in [3.8, 4) is 22.6 Å². The SMILES string of the molecule is COc1cccc2c1-c1ccc3c(c1C(c1cccc(C)c1)O2)C(C)=CC(C)(C)N3. The molecule has 30 heavy (non-hydrogen) atoms. The summed E-state index contributed by atoms with van der Waals surface area (Å²) in [6.45, 7) is 8.73. The molecule has 1 unspecified atom stereocenters. The quantitative estimate of drug-likeness (QED) is 0.518. The van der Waals surface area contributed by atoms with Crippen molar-refractivity contribution >= 4 is 11.3 Å². The molecule has 5 rings (SSSR count). The molecule has 3 nitrogen and oxygen atoms in total. The molecule has 0 aliphatic carbocycles. The van der Waals surface area contributed by atoms with E-state index < -0.39 is 0 Å². The summed E-state index contributed by atoms with van der Waals surface area (Å²) < 4.78 is 12.4. The number of hydrogen-bond donors (Lipinski definition) is 1. The second-order valence-corrected chi connectivity index (χ2v) is 8.87. The van der Waals surface area contributed by atoms with Crippen LogP contribution < -0.4 is 14.8 Å². The molecule has 0 amide bonds. The van der Waals surface area contributed by atoms with Gasteiger partial charge in [0.05, 0.1) is 18.2 Å². The molecule has 3 heteroatoms. The molecule has 0 bridgehead atoms. The van der Waals surface area contributed by atoms with Crippen molar-refractivity contribution in [3.05, 3.63) is 82.9 Å². The lowest BCUT2D eigenvalue weighted by Gasteiger charge is -2.37. The Balaban J connectivity index is 1.84. The van der Waals surface area contributed by atoms with E-state index in [4.69, 9.17) is 9.47 Å². The van der Waals surface area contributed by atoms with E-state index in [1.165, 1.54) is 27.8 Å². The van der Waals surface area contributed by atoms with Crippen LogP contribution in [0.4, 0.5) is 5.69 Å². The number of aryl methyl sites for hydroxylation is 1. The molecule has 3 aromatic carbocycles. The van der Waals surface area contributed by atoms with Crippen LogP contribution >= 0.6 is 0 Å². The average Bonchev–Trinajstić information content (AvgIpc) is 2.71. The molecule has 0 spiro atoms. The van der Waals surface area contributed by atoms with Gasteiger partial charge in [0.1, 0.15) is 11.5 Å². The van der Waals surface area contributed by atoms with E-state index in [1.807, 2.05) is 18.2 Å². The smallest absolute Gasteiger partial charge is 0.150 e. The number of anilines is 1. The van der Waals surface area contributed by atoms with Gasteiger partial charge in [-0.15, -0.1) is 0 Å². The van der Waals surface area contributed by atoms with E-state index in [-0.39, 0.29) is 11.6 Å². The fraction of sp³-hybridized carbons (Fsp3) is 0.259. The molecule has 0 aromatic heterocycles. The maximum atomic E-state index is 6.67. The highest BCUT2D eigenvalue weighted by Gasteiger charge is 2.35. The van der Waals surface area contributed by atoms with Crippen molar-refractivity contribution in [2.24, 2.45) is 0 Å². The van der Waals surface area contributed by atoms with Crippen molar-refractivity contribution < 1.29 is 9.47 Å². The van der Waals surface area contributed by atoms with Gasteiger partial charge >= 0.3 is 0 Å². The summed E-state index contributed by atoms with van der Waals surface area (Å²) in [7, 11) is 1.72. The molecular formula is C27H27NO2.